The Balaban J connectivity index is 2.04. The molecule has 2 aliphatic carbocycles. The standard InChI is InChI=1S/C25H35NO6/c1-6-13(3)16-8-7-15-10-12(2)9-14(4)18(15)19(16)22(28)20-21(27)17(26-23(20)29)11-25(5,32)24(30)31/h6-8,12,14-19,28,32H,9-11H2,1-5H3,(H,26,29)(H,30,31)/b13-6+,22-20-/t12-,14+,15-,16+,17-,18-,19-,25+/m0/s1. The Morgan fingerprint density at radius 1 is 1.22 bits per heavy atom. The van der Waals surface area contributed by atoms with Gasteiger partial charge >= 0.3 is 5.97 Å². The molecular weight excluding hydrogens is 410 g/mol. The first kappa shape index (κ1) is 24.2. The number of ketones is 1. The highest BCUT2D eigenvalue weighted by Gasteiger charge is 2.49. The molecule has 2 fully saturated rings. The summed E-state index contributed by atoms with van der Waals surface area (Å²) in [7, 11) is 0. The SMILES string of the molecule is C/C=C(\C)[C@H]1C=C[C@H]2C[C@@H](C)C[C@@H](C)[C@@H]2[C@H]1/C(O)=C1/C(=O)N[C@@H](C[C@@](C)(O)C(=O)O)C1=O. The maximum absolute atomic E-state index is 13.1. The number of rotatable bonds is 5. The summed E-state index contributed by atoms with van der Waals surface area (Å²) in [6, 6.07) is -1.19. The average Bonchev–Trinajstić information content (AvgIpc) is 2.98. The Hall–Kier alpha value is -2.41. The normalized spacial score (nSPS) is 38.7. The summed E-state index contributed by atoms with van der Waals surface area (Å²) >= 11 is 0. The topological polar surface area (TPSA) is 124 Å². The minimum absolute atomic E-state index is 0.0883. The first-order valence-corrected chi connectivity index (χ1v) is 11.4. The van der Waals surface area contributed by atoms with Gasteiger partial charge in [-0.15, -0.1) is 0 Å². The lowest BCUT2D eigenvalue weighted by molar-refractivity contribution is -0.158. The maximum Gasteiger partial charge on any atom is 0.335 e. The van der Waals surface area contributed by atoms with Gasteiger partial charge in [-0.3, -0.25) is 9.59 Å². The predicted octanol–water partition coefficient (Wildman–Crippen LogP) is 3.16. The second-order valence-electron chi connectivity index (χ2n) is 10.2. The van der Waals surface area contributed by atoms with Crippen LogP contribution < -0.4 is 5.32 Å². The number of aliphatic hydroxyl groups is 2. The van der Waals surface area contributed by atoms with E-state index in [1.54, 1.807) is 0 Å². The van der Waals surface area contributed by atoms with Gasteiger partial charge in [0, 0.05) is 18.3 Å². The van der Waals surface area contributed by atoms with E-state index in [1.165, 1.54) is 0 Å². The quantitative estimate of drug-likeness (QED) is 0.223. The Bertz CT molecular complexity index is 898. The van der Waals surface area contributed by atoms with Crippen LogP contribution in [0, 0.1) is 35.5 Å². The van der Waals surface area contributed by atoms with Gasteiger partial charge in [0.15, 0.2) is 11.4 Å². The highest BCUT2D eigenvalue weighted by atomic mass is 16.4. The van der Waals surface area contributed by atoms with Gasteiger partial charge in [0.2, 0.25) is 0 Å². The Morgan fingerprint density at radius 3 is 2.47 bits per heavy atom. The zero-order valence-electron chi connectivity index (χ0n) is 19.5. The van der Waals surface area contributed by atoms with Gasteiger partial charge in [-0.1, -0.05) is 37.6 Å². The van der Waals surface area contributed by atoms with Crippen molar-refractivity contribution in [3.63, 3.8) is 0 Å². The molecule has 0 aromatic rings. The van der Waals surface area contributed by atoms with Crippen LogP contribution in [-0.4, -0.2) is 44.6 Å². The fourth-order valence-corrected chi connectivity index (χ4v) is 5.98. The number of hydrogen-bond acceptors (Lipinski definition) is 5. The third kappa shape index (κ3) is 4.27. The smallest absolute Gasteiger partial charge is 0.335 e. The van der Waals surface area contributed by atoms with Crippen LogP contribution in [0.15, 0.2) is 35.1 Å². The van der Waals surface area contributed by atoms with Crippen molar-refractivity contribution in [3.05, 3.63) is 35.1 Å². The van der Waals surface area contributed by atoms with Gasteiger partial charge in [0.25, 0.3) is 5.91 Å². The lowest BCUT2D eigenvalue weighted by Gasteiger charge is -2.47. The number of aliphatic carboxylic acids is 1. The van der Waals surface area contributed by atoms with E-state index < -0.39 is 41.6 Å². The summed E-state index contributed by atoms with van der Waals surface area (Å²) in [4.78, 5) is 37.1. The van der Waals surface area contributed by atoms with Gasteiger partial charge in [-0.2, -0.15) is 0 Å². The molecule has 7 nitrogen and oxygen atoms in total. The number of Topliss-reactive ketones (excluding diaryl/α,β-unsaturated/α-hetero) is 1. The van der Waals surface area contributed by atoms with E-state index in [-0.39, 0.29) is 29.1 Å². The molecule has 7 heteroatoms. The number of carbonyl (C=O) groups is 3. The van der Waals surface area contributed by atoms with Crippen LogP contribution in [0.5, 0.6) is 0 Å². The highest BCUT2D eigenvalue weighted by Crippen LogP contribution is 2.51. The molecule has 0 radical (unpaired) electrons. The van der Waals surface area contributed by atoms with Gasteiger partial charge in [0.1, 0.15) is 11.3 Å². The molecule has 32 heavy (non-hydrogen) atoms. The third-order valence-electron chi connectivity index (χ3n) is 7.68. The molecule has 0 spiro atoms. The van der Waals surface area contributed by atoms with Crippen LogP contribution in [0.2, 0.25) is 0 Å². The summed E-state index contributed by atoms with van der Waals surface area (Å²) in [5.74, 6) is -2.39. The van der Waals surface area contributed by atoms with Crippen LogP contribution in [0.4, 0.5) is 0 Å². The number of amides is 1. The van der Waals surface area contributed by atoms with E-state index in [0.29, 0.717) is 11.8 Å². The summed E-state index contributed by atoms with van der Waals surface area (Å²) in [6.07, 6.45) is 7.85. The van der Waals surface area contributed by atoms with Crippen molar-refractivity contribution >= 4 is 17.7 Å². The van der Waals surface area contributed by atoms with Gasteiger partial charge in [-0.05, 0) is 57.3 Å². The van der Waals surface area contributed by atoms with Crippen LogP contribution in [0.3, 0.4) is 0 Å². The minimum Gasteiger partial charge on any atom is -0.511 e. The molecule has 1 aliphatic heterocycles. The van der Waals surface area contributed by atoms with Crippen LogP contribution >= 0.6 is 0 Å². The predicted molar refractivity (Wildman–Crippen MR) is 120 cm³/mol. The number of fused-ring (bicyclic) bond motifs is 1. The van der Waals surface area contributed by atoms with Crippen LogP contribution in [-0.2, 0) is 14.4 Å². The maximum atomic E-state index is 13.1. The number of allylic oxidation sites excluding steroid dienone is 5. The largest absolute Gasteiger partial charge is 0.511 e. The second-order valence-corrected chi connectivity index (χ2v) is 10.2. The molecule has 1 saturated carbocycles. The van der Waals surface area contributed by atoms with Crippen molar-refractivity contribution in [1.82, 2.24) is 5.32 Å². The van der Waals surface area contributed by atoms with Crippen molar-refractivity contribution in [1.29, 1.82) is 0 Å². The van der Waals surface area contributed by atoms with E-state index in [1.807, 2.05) is 19.9 Å². The summed E-state index contributed by atoms with van der Waals surface area (Å²) in [5.41, 5.74) is -1.41. The Kier molecular flexibility index (Phi) is 6.70. The van der Waals surface area contributed by atoms with Crippen molar-refractivity contribution in [3.8, 4) is 0 Å². The van der Waals surface area contributed by atoms with Crippen molar-refractivity contribution in [2.24, 2.45) is 35.5 Å². The molecule has 1 heterocycles. The number of nitrogens with one attached hydrogen (secondary N) is 1. The lowest BCUT2D eigenvalue weighted by atomic mass is 9.57. The lowest BCUT2D eigenvalue weighted by Crippen LogP contribution is -2.43. The molecule has 0 aromatic heterocycles. The van der Waals surface area contributed by atoms with E-state index in [4.69, 9.17) is 0 Å². The first-order chi connectivity index (χ1) is 14.9. The monoisotopic (exact) mass is 445 g/mol. The minimum atomic E-state index is -2.17. The zero-order valence-corrected chi connectivity index (χ0v) is 19.5. The summed E-state index contributed by atoms with van der Waals surface area (Å²) < 4.78 is 0. The molecule has 0 bridgehead atoms. The zero-order chi connectivity index (χ0) is 24.0. The van der Waals surface area contributed by atoms with Crippen LogP contribution in [0.1, 0.15) is 53.9 Å². The van der Waals surface area contributed by atoms with Crippen molar-refractivity contribution < 1.29 is 29.7 Å². The molecule has 3 aliphatic rings. The van der Waals surface area contributed by atoms with Crippen LogP contribution in [0.25, 0.3) is 0 Å². The molecule has 3 rings (SSSR count). The number of carbonyl (C=O) groups excluding carboxylic acids is 2. The fraction of sp³-hybridized carbons (Fsp3) is 0.640. The van der Waals surface area contributed by atoms with Gasteiger partial charge < -0.3 is 20.6 Å². The summed E-state index contributed by atoms with van der Waals surface area (Å²) in [5, 5.41) is 33.2. The fourth-order valence-electron chi connectivity index (χ4n) is 5.98. The van der Waals surface area contributed by atoms with E-state index in [2.05, 4.69) is 31.3 Å². The van der Waals surface area contributed by atoms with E-state index in [9.17, 15) is 29.7 Å². The molecule has 1 saturated heterocycles. The molecule has 0 aromatic carbocycles. The number of aliphatic hydroxyl groups excluding tert-OH is 1. The molecule has 176 valence electrons. The van der Waals surface area contributed by atoms with Crippen molar-refractivity contribution in [2.75, 3.05) is 0 Å². The molecule has 1 amide bonds. The molecular formula is C25H35NO6. The number of carboxylic acid groups (broad SMARTS) is 1. The first-order valence-electron chi connectivity index (χ1n) is 11.4. The Labute approximate surface area is 189 Å². The van der Waals surface area contributed by atoms with Gasteiger partial charge in [-0.25, -0.2) is 4.79 Å². The Morgan fingerprint density at radius 2 is 1.88 bits per heavy atom. The average molecular weight is 446 g/mol. The third-order valence-corrected chi connectivity index (χ3v) is 7.68. The van der Waals surface area contributed by atoms with E-state index >= 15 is 0 Å². The van der Waals surface area contributed by atoms with E-state index in [0.717, 1.165) is 25.3 Å². The second kappa shape index (κ2) is 8.85. The molecule has 8 atom stereocenters. The van der Waals surface area contributed by atoms with Gasteiger partial charge in [0.05, 0.1) is 6.04 Å². The molecule has 0 unspecified atom stereocenters. The van der Waals surface area contributed by atoms with Crippen molar-refractivity contribution in [2.45, 2.75) is 65.5 Å². The highest BCUT2D eigenvalue weighted by molar-refractivity contribution is 6.27. The summed E-state index contributed by atoms with van der Waals surface area (Å²) in [6.45, 7) is 9.40. The number of hydrogen-bond donors (Lipinski definition) is 4. The molecule has 4 N–H and O–H groups in total. The number of carboxylic acids is 1.